The Morgan fingerprint density at radius 2 is 2.00 bits per heavy atom. The zero-order valence-electron chi connectivity index (χ0n) is 6.59. The second kappa shape index (κ2) is 3.16. The van der Waals surface area contributed by atoms with Crippen LogP contribution in [0.5, 0.6) is 0 Å². The number of anilines is 1. The third kappa shape index (κ3) is 1.62. The van der Waals surface area contributed by atoms with Gasteiger partial charge in [-0.1, -0.05) is 11.6 Å². The molecule has 2 rings (SSSR count). The Morgan fingerprint density at radius 3 is 2.77 bits per heavy atom. The largest absolute Gasteiger partial charge is 0.398 e. The lowest BCUT2D eigenvalue weighted by atomic mass is 10.1. The van der Waals surface area contributed by atoms with Crippen LogP contribution in [0.4, 0.5) is 5.69 Å². The van der Waals surface area contributed by atoms with Gasteiger partial charge in [-0.25, -0.2) is 4.98 Å². The smallest absolute Gasteiger partial charge is 0.129 e. The molecule has 0 fully saturated rings. The third-order valence-corrected chi connectivity index (χ3v) is 2.70. The molecule has 0 saturated heterocycles. The molecule has 0 aliphatic carbocycles. The molecular weight excluding hydrogens is 251 g/mol. The average Bonchev–Trinajstić information content (AvgIpc) is 2.08. The van der Waals surface area contributed by atoms with Crippen LogP contribution in [0.15, 0.2) is 28.9 Å². The van der Waals surface area contributed by atoms with Gasteiger partial charge in [-0.3, -0.25) is 0 Å². The van der Waals surface area contributed by atoms with Gasteiger partial charge in [0.1, 0.15) is 5.15 Å². The van der Waals surface area contributed by atoms with Gasteiger partial charge in [0, 0.05) is 21.7 Å². The van der Waals surface area contributed by atoms with Crippen LogP contribution in [-0.2, 0) is 0 Å². The molecule has 1 aromatic carbocycles. The molecule has 2 N–H and O–H groups in total. The van der Waals surface area contributed by atoms with Crippen LogP contribution in [0.25, 0.3) is 10.8 Å². The maximum absolute atomic E-state index is 5.75. The summed E-state index contributed by atoms with van der Waals surface area (Å²) in [5, 5.41) is 2.51. The molecule has 13 heavy (non-hydrogen) atoms. The first-order chi connectivity index (χ1) is 6.16. The number of halogens is 2. The number of nitrogens with zero attached hydrogens (tertiary/aromatic N) is 1. The summed E-state index contributed by atoms with van der Waals surface area (Å²) < 4.78 is 0.877. The number of fused-ring (bicyclic) bond motifs is 1. The average molecular weight is 258 g/mol. The van der Waals surface area contributed by atoms with Gasteiger partial charge >= 0.3 is 0 Å². The molecule has 1 aromatic heterocycles. The summed E-state index contributed by atoms with van der Waals surface area (Å²) in [5.41, 5.74) is 6.42. The highest BCUT2D eigenvalue weighted by Gasteiger charge is 2.00. The van der Waals surface area contributed by atoms with Crippen molar-refractivity contribution in [1.29, 1.82) is 0 Å². The standard InChI is InChI=1S/C9H6BrClN2/c10-7-1-5-3-9(11)13-4-6(5)2-8(7)12/h1-4H,12H2. The summed E-state index contributed by atoms with van der Waals surface area (Å²) >= 11 is 9.11. The maximum atomic E-state index is 5.75. The number of nitrogen functional groups attached to an aromatic ring is 1. The highest BCUT2D eigenvalue weighted by molar-refractivity contribution is 9.10. The number of benzene rings is 1. The van der Waals surface area contributed by atoms with Crippen LogP contribution < -0.4 is 5.73 Å². The van der Waals surface area contributed by atoms with Crippen molar-refractivity contribution < 1.29 is 0 Å². The predicted molar refractivity (Wildman–Crippen MR) is 58.9 cm³/mol. The van der Waals surface area contributed by atoms with Crippen LogP contribution in [0.3, 0.4) is 0 Å². The fourth-order valence-corrected chi connectivity index (χ4v) is 1.68. The second-order valence-electron chi connectivity index (χ2n) is 2.73. The fraction of sp³-hybridized carbons (Fsp3) is 0. The monoisotopic (exact) mass is 256 g/mol. The minimum Gasteiger partial charge on any atom is -0.398 e. The molecule has 0 aliphatic rings. The molecule has 4 heteroatoms. The molecular formula is C9H6BrClN2. The normalized spacial score (nSPS) is 10.6. The Kier molecular flexibility index (Phi) is 2.14. The molecule has 0 amide bonds. The zero-order valence-corrected chi connectivity index (χ0v) is 8.93. The van der Waals surface area contributed by atoms with Crippen molar-refractivity contribution in [2.75, 3.05) is 5.73 Å². The van der Waals surface area contributed by atoms with Gasteiger partial charge in [-0.2, -0.15) is 0 Å². The van der Waals surface area contributed by atoms with Crippen LogP contribution in [-0.4, -0.2) is 4.98 Å². The van der Waals surface area contributed by atoms with Crippen molar-refractivity contribution in [3.8, 4) is 0 Å². The molecule has 0 radical (unpaired) electrons. The van der Waals surface area contributed by atoms with Gasteiger partial charge in [0.2, 0.25) is 0 Å². The van der Waals surface area contributed by atoms with E-state index in [0.717, 1.165) is 15.2 Å². The van der Waals surface area contributed by atoms with Gasteiger partial charge in [-0.15, -0.1) is 0 Å². The van der Waals surface area contributed by atoms with Crippen molar-refractivity contribution in [1.82, 2.24) is 4.98 Å². The topological polar surface area (TPSA) is 38.9 Å². The SMILES string of the molecule is Nc1cc2cnc(Cl)cc2cc1Br. The van der Waals surface area contributed by atoms with Crippen LogP contribution in [0, 0.1) is 0 Å². The number of hydrogen-bond acceptors (Lipinski definition) is 2. The first-order valence-electron chi connectivity index (χ1n) is 3.67. The number of aromatic nitrogens is 1. The molecule has 0 unspecified atom stereocenters. The van der Waals surface area contributed by atoms with Gasteiger partial charge in [0.25, 0.3) is 0 Å². The lowest BCUT2D eigenvalue weighted by molar-refractivity contribution is 1.36. The number of pyridine rings is 1. The van der Waals surface area contributed by atoms with Gasteiger partial charge < -0.3 is 5.73 Å². The van der Waals surface area contributed by atoms with E-state index < -0.39 is 0 Å². The molecule has 0 spiro atoms. The molecule has 0 bridgehead atoms. The molecule has 66 valence electrons. The first-order valence-corrected chi connectivity index (χ1v) is 4.84. The zero-order chi connectivity index (χ0) is 9.42. The van der Waals surface area contributed by atoms with Gasteiger partial charge in [0.15, 0.2) is 0 Å². The van der Waals surface area contributed by atoms with Crippen molar-refractivity contribution >= 4 is 44.0 Å². The number of nitrogens with two attached hydrogens (primary N) is 1. The molecule has 0 atom stereocenters. The summed E-state index contributed by atoms with van der Waals surface area (Å²) in [4.78, 5) is 3.97. The van der Waals surface area contributed by atoms with E-state index in [2.05, 4.69) is 20.9 Å². The third-order valence-electron chi connectivity index (χ3n) is 1.80. The lowest BCUT2D eigenvalue weighted by Gasteiger charge is -2.01. The number of hydrogen-bond donors (Lipinski definition) is 1. The van der Waals surface area contributed by atoms with E-state index in [-0.39, 0.29) is 0 Å². The van der Waals surface area contributed by atoms with Gasteiger partial charge in [0.05, 0.1) is 0 Å². The van der Waals surface area contributed by atoms with Crippen LogP contribution in [0.2, 0.25) is 5.15 Å². The van der Waals surface area contributed by atoms with Crippen molar-refractivity contribution in [2.24, 2.45) is 0 Å². The minimum atomic E-state index is 0.490. The Labute approximate surface area is 88.8 Å². The first kappa shape index (κ1) is 8.78. The van der Waals surface area contributed by atoms with E-state index in [4.69, 9.17) is 17.3 Å². The summed E-state index contributed by atoms with van der Waals surface area (Å²) in [6.07, 6.45) is 1.71. The fourth-order valence-electron chi connectivity index (χ4n) is 1.16. The van der Waals surface area contributed by atoms with E-state index in [1.165, 1.54) is 0 Å². The van der Waals surface area contributed by atoms with Gasteiger partial charge in [-0.05, 0) is 39.5 Å². The van der Waals surface area contributed by atoms with Crippen LogP contribution >= 0.6 is 27.5 Å². The number of rotatable bonds is 0. The van der Waals surface area contributed by atoms with Crippen molar-refractivity contribution in [3.63, 3.8) is 0 Å². The summed E-state index contributed by atoms with van der Waals surface area (Å²) in [6, 6.07) is 5.60. The maximum Gasteiger partial charge on any atom is 0.129 e. The molecule has 0 aliphatic heterocycles. The molecule has 1 heterocycles. The van der Waals surface area contributed by atoms with E-state index in [1.54, 1.807) is 12.3 Å². The Morgan fingerprint density at radius 1 is 1.23 bits per heavy atom. The quantitative estimate of drug-likeness (QED) is 0.581. The molecule has 0 saturated carbocycles. The lowest BCUT2D eigenvalue weighted by Crippen LogP contribution is -1.87. The van der Waals surface area contributed by atoms with E-state index >= 15 is 0 Å². The Hall–Kier alpha value is -0.800. The predicted octanol–water partition coefficient (Wildman–Crippen LogP) is 3.23. The summed E-state index contributed by atoms with van der Waals surface area (Å²) in [6.45, 7) is 0. The Balaban J connectivity index is 2.81. The summed E-state index contributed by atoms with van der Waals surface area (Å²) in [7, 11) is 0. The second-order valence-corrected chi connectivity index (χ2v) is 3.97. The molecule has 2 aromatic rings. The van der Waals surface area contributed by atoms with E-state index in [1.807, 2.05) is 12.1 Å². The highest BCUT2D eigenvalue weighted by atomic mass is 79.9. The summed E-state index contributed by atoms with van der Waals surface area (Å²) in [5.74, 6) is 0. The minimum absolute atomic E-state index is 0.490. The van der Waals surface area contributed by atoms with Crippen molar-refractivity contribution in [3.05, 3.63) is 34.0 Å². The molecule has 2 nitrogen and oxygen atoms in total. The van der Waals surface area contributed by atoms with Crippen molar-refractivity contribution in [2.45, 2.75) is 0 Å². The van der Waals surface area contributed by atoms with E-state index in [0.29, 0.717) is 10.8 Å². The van der Waals surface area contributed by atoms with Crippen LogP contribution in [0.1, 0.15) is 0 Å². The Bertz CT molecular complexity index is 470. The van der Waals surface area contributed by atoms with E-state index in [9.17, 15) is 0 Å². The highest BCUT2D eigenvalue weighted by Crippen LogP contribution is 2.26.